The zero-order valence-corrected chi connectivity index (χ0v) is 11.4. The highest BCUT2D eigenvalue weighted by atomic mass is 35.5. The molecule has 0 radical (unpaired) electrons. The van der Waals surface area contributed by atoms with E-state index in [1.165, 1.54) is 25.9 Å². The molecule has 0 saturated carbocycles. The largest absolute Gasteiger partial charge is 0.384 e. The van der Waals surface area contributed by atoms with Crippen LogP contribution in [0, 0.1) is 17.2 Å². The van der Waals surface area contributed by atoms with E-state index in [2.05, 4.69) is 23.3 Å². The van der Waals surface area contributed by atoms with Crippen molar-refractivity contribution in [1.29, 1.82) is 5.26 Å². The standard InChI is InChI=1S/C14H18ClN3/c1-18-6-4-11(5-7-18)10-17-14-3-2-12(9-16)8-13(14)15/h2-3,8,11,17H,4-7,10H2,1H3. The number of hydrogen-bond donors (Lipinski definition) is 1. The Morgan fingerprint density at radius 1 is 1.44 bits per heavy atom. The lowest BCUT2D eigenvalue weighted by Crippen LogP contribution is -2.32. The maximum atomic E-state index is 8.78. The van der Waals surface area contributed by atoms with Crippen molar-refractivity contribution in [1.82, 2.24) is 4.90 Å². The first-order valence-electron chi connectivity index (χ1n) is 6.31. The van der Waals surface area contributed by atoms with Crippen LogP contribution in [-0.4, -0.2) is 31.6 Å². The molecule has 4 heteroatoms. The van der Waals surface area contributed by atoms with Crippen molar-refractivity contribution in [3.8, 4) is 6.07 Å². The van der Waals surface area contributed by atoms with Crippen molar-refractivity contribution in [3.63, 3.8) is 0 Å². The fourth-order valence-corrected chi connectivity index (χ4v) is 2.50. The molecule has 0 unspecified atom stereocenters. The van der Waals surface area contributed by atoms with Gasteiger partial charge in [-0.2, -0.15) is 5.26 Å². The van der Waals surface area contributed by atoms with Crippen LogP contribution in [0.5, 0.6) is 0 Å². The van der Waals surface area contributed by atoms with Gasteiger partial charge in [-0.05, 0) is 57.1 Å². The summed E-state index contributed by atoms with van der Waals surface area (Å²) in [6.07, 6.45) is 2.47. The number of nitrogens with zero attached hydrogens (tertiary/aromatic N) is 2. The van der Waals surface area contributed by atoms with E-state index in [1.54, 1.807) is 12.1 Å². The number of anilines is 1. The molecule has 0 amide bonds. The Labute approximate surface area is 113 Å². The predicted molar refractivity (Wildman–Crippen MR) is 74.9 cm³/mol. The average molecular weight is 264 g/mol. The second kappa shape index (κ2) is 6.08. The van der Waals surface area contributed by atoms with Gasteiger partial charge >= 0.3 is 0 Å². The minimum Gasteiger partial charge on any atom is -0.384 e. The van der Waals surface area contributed by atoms with Crippen LogP contribution in [0.25, 0.3) is 0 Å². The normalized spacial score (nSPS) is 17.4. The number of benzene rings is 1. The molecule has 18 heavy (non-hydrogen) atoms. The van der Waals surface area contributed by atoms with Crippen LogP contribution in [0.2, 0.25) is 5.02 Å². The average Bonchev–Trinajstić information content (AvgIpc) is 2.39. The Balaban J connectivity index is 1.89. The third-order valence-electron chi connectivity index (χ3n) is 3.52. The monoisotopic (exact) mass is 263 g/mol. The number of likely N-dealkylation sites (tertiary alicyclic amines) is 1. The van der Waals surface area contributed by atoms with Gasteiger partial charge in [0, 0.05) is 6.54 Å². The molecule has 0 spiro atoms. The number of halogens is 1. The summed E-state index contributed by atoms with van der Waals surface area (Å²) in [5, 5.41) is 12.8. The first-order valence-corrected chi connectivity index (χ1v) is 6.69. The van der Waals surface area contributed by atoms with Gasteiger partial charge in [0.2, 0.25) is 0 Å². The van der Waals surface area contributed by atoms with Crippen molar-refractivity contribution in [2.75, 3.05) is 32.0 Å². The molecule has 0 aromatic heterocycles. The third kappa shape index (κ3) is 3.38. The lowest BCUT2D eigenvalue weighted by Gasteiger charge is -2.29. The van der Waals surface area contributed by atoms with Crippen LogP contribution in [0.1, 0.15) is 18.4 Å². The number of rotatable bonds is 3. The van der Waals surface area contributed by atoms with Crippen LogP contribution in [0.4, 0.5) is 5.69 Å². The highest BCUT2D eigenvalue weighted by Gasteiger charge is 2.16. The van der Waals surface area contributed by atoms with E-state index in [4.69, 9.17) is 16.9 Å². The van der Waals surface area contributed by atoms with E-state index in [-0.39, 0.29) is 0 Å². The molecule has 1 saturated heterocycles. The molecule has 3 nitrogen and oxygen atoms in total. The summed E-state index contributed by atoms with van der Waals surface area (Å²) in [7, 11) is 2.17. The van der Waals surface area contributed by atoms with Gasteiger partial charge in [-0.1, -0.05) is 11.6 Å². The van der Waals surface area contributed by atoms with Crippen molar-refractivity contribution >= 4 is 17.3 Å². The maximum absolute atomic E-state index is 8.78. The molecule has 0 atom stereocenters. The summed E-state index contributed by atoms with van der Waals surface area (Å²) in [6.45, 7) is 3.31. The molecule has 1 heterocycles. The van der Waals surface area contributed by atoms with Crippen LogP contribution in [0.15, 0.2) is 18.2 Å². The molecule has 0 aliphatic carbocycles. The summed E-state index contributed by atoms with van der Waals surface area (Å²) in [4.78, 5) is 2.37. The second-order valence-corrected chi connectivity index (χ2v) is 5.34. The highest BCUT2D eigenvalue weighted by molar-refractivity contribution is 6.33. The number of piperidine rings is 1. The molecule has 1 N–H and O–H groups in total. The van der Waals surface area contributed by atoms with Crippen molar-refractivity contribution in [2.45, 2.75) is 12.8 Å². The van der Waals surface area contributed by atoms with Crippen molar-refractivity contribution in [2.24, 2.45) is 5.92 Å². The fourth-order valence-electron chi connectivity index (χ4n) is 2.25. The van der Waals surface area contributed by atoms with Gasteiger partial charge in [-0.25, -0.2) is 0 Å². The molecular weight excluding hydrogens is 246 g/mol. The number of nitriles is 1. The Morgan fingerprint density at radius 3 is 2.78 bits per heavy atom. The predicted octanol–water partition coefficient (Wildman–Crippen LogP) is 2.97. The lowest BCUT2D eigenvalue weighted by molar-refractivity contribution is 0.226. The molecule has 1 aromatic rings. The van der Waals surface area contributed by atoms with Gasteiger partial charge in [0.15, 0.2) is 0 Å². The molecule has 1 aliphatic heterocycles. The van der Waals surface area contributed by atoms with E-state index >= 15 is 0 Å². The van der Waals surface area contributed by atoms with Gasteiger partial charge in [-0.15, -0.1) is 0 Å². The van der Waals surface area contributed by atoms with Crippen molar-refractivity contribution in [3.05, 3.63) is 28.8 Å². The van der Waals surface area contributed by atoms with Crippen LogP contribution in [0.3, 0.4) is 0 Å². The minimum atomic E-state index is 0.602. The Kier molecular flexibility index (Phi) is 4.46. The van der Waals surface area contributed by atoms with Crippen molar-refractivity contribution < 1.29 is 0 Å². The zero-order valence-electron chi connectivity index (χ0n) is 10.6. The van der Waals surface area contributed by atoms with Gasteiger partial charge in [0.05, 0.1) is 22.3 Å². The van der Waals surface area contributed by atoms with E-state index < -0.39 is 0 Å². The second-order valence-electron chi connectivity index (χ2n) is 4.93. The Morgan fingerprint density at radius 2 is 2.17 bits per heavy atom. The summed E-state index contributed by atoms with van der Waals surface area (Å²) in [5.74, 6) is 0.716. The van der Waals surface area contributed by atoms with E-state index in [1.807, 2.05) is 6.07 Å². The van der Waals surface area contributed by atoms with Gasteiger partial charge in [0.1, 0.15) is 0 Å². The first kappa shape index (κ1) is 13.2. The summed E-state index contributed by atoms with van der Waals surface area (Å²) < 4.78 is 0. The topological polar surface area (TPSA) is 39.1 Å². The van der Waals surface area contributed by atoms with Gasteiger partial charge < -0.3 is 10.2 Å². The Hall–Kier alpha value is -1.24. The summed E-state index contributed by atoms with van der Waals surface area (Å²) in [5.41, 5.74) is 1.53. The lowest BCUT2D eigenvalue weighted by atomic mass is 9.97. The number of nitrogens with one attached hydrogen (secondary N) is 1. The molecule has 2 rings (SSSR count). The summed E-state index contributed by atoms with van der Waals surface area (Å²) in [6, 6.07) is 7.47. The van der Waals surface area contributed by atoms with E-state index in [0.29, 0.717) is 16.5 Å². The maximum Gasteiger partial charge on any atom is 0.0992 e. The zero-order chi connectivity index (χ0) is 13.0. The van der Waals surface area contributed by atoms with E-state index in [0.717, 1.165) is 12.2 Å². The molecule has 1 fully saturated rings. The summed E-state index contributed by atoms with van der Waals surface area (Å²) >= 11 is 6.13. The number of hydrogen-bond acceptors (Lipinski definition) is 3. The fraction of sp³-hybridized carbons (Fsp3) is 0.500. The smallest absolute Gasteiger partial charge is 0.0992 e. The van der Waals surface area contributed by atoms with Crippen LogP contribution in [-0.2, 0) is 0 Å². The molecular formula is C14H18ClN3. The minimum absolute atomic E-state index is 0.602. The first-order chi connectivity index (χ1) is 8.69. The van der Waals surface area contributed by atoms with Crippen LogP contribution >= 0.6 is 11.6 Å². The van der Waals surface area contributed by atoms with E-state index in [9.17, 15) is 0 Å². The molecule has 1 aromatic carbocycles. The SMILES string of the molecule is CN1CCC(CNc2ccc(C#N)cc2Cl)CC1. The third-order valence-corrected chi connectivity index (χ3v) is 3.83. The molecule has 1 aliphatic rings. The van der Waals surface area contributed by atoms with Crippen LogP contribution < -0.4 is 5.32 Å². The highest BCUT2D eigenvalue weighted by Crippen LogP contribution is 2.24. The Bertz CT molecular complexity index is 445. The van der Waals surface area contributed by atoms with Gasteiger partial charge in [0.25, 0.3) is 0 Å². The molecule has 0 bridgehead atoms. The molecule has 96 valence electrons. The van der Waals surface area contributed by atoms with Gasteiger partial charge in [-0.3, -0.25) is 0 Å². The quantitative estimate of drug-likeness (QED) is 0.911.